The molecule has 0 aromatic heterocycles. The first-order valence-electron chi connectivity index (χ1n) is 5.69. The summed E-state index contributed by atoms with van der Waals surface area (Å²) in [7, 11) is 0. The summed E-state index contributed by atoms with van der Waals surface area (Å²) in [6.07, 6.45) is 3.67. The van der Waals surface area contributed by atoms with Crippen LogP contribution in [0.2, 0.25) is 0 Å². The number of fused-ring (bicyclic) bond motifs is 2. The van der Waals surface area contributed by atoms with Gasteiger partial charge in [0, 0.05) is 0 Å². The Balaban J connectivity index is 2.38. The van der Waals surface area contributed by atoms with Crippen LogP contribution >= 0.6 is 0 Å². The van der Waals surface area contributed by atoms with Crippen LogP contribution in [0.1, 0.15) is 5.56 Å². The average molecular weight is 218 g/mol. The third-order valence-electron chi connectivity index (χ3n) is 3.44. The van der Waals surface area contributed by atoms with E-state index in [0.29, 0.717) is 5.76 Å². The molecule has 4 rings (SSSR count). The van der Waals surface area contributed by atoms with E-state index in [0.717, 1.165) is 10.8 Å². The molecule has 0 atom stereocenters. The normalized spacial score (nSPS) is 13.8. The van der Waals surface area contributed by atoms with Crippen LogP contribution < -0.4 is 5.22 Å². The maximum atomic E-state index is 9.64. The van der Waals surface area contributed by atoms with E-state index in [2.05, 4.69) is 42.5 Å². The summed E-state index contributed by atoms with van der Waals surface area (Å²) >= 11 is 0. The van der Waals surface area contributed by atoms with Gasteiger partial charge < -0.3 is 5.11 Å². The molecule has 0 bridgehead atoms. The van der Waals surface area contributed by atoms with E-state index in [1.54, 1.807) is 0 Å². The van der Waals surface area contributed by atoms with E-state index >= 15 is 0 Å². The zero-order valence-corrected chi connectivity index (χ0v) is 9.14. The van der Waals surface area contributed by atoms with Crippen molar-refractivity contribution in [2.75, 3.05) is 0 Å². The summed E-state index contributed by atoms with van der Waals surface area (Å²) in [6, 6.07) is 14.8. The zero-order chi connectivity index (χ0) is 11.4. The van der Waals surface area contributed by atoms with Gasteiger partial charge in [-0.2, -0.15) is 0 Å². The van der Waals surface area contributed by atoms with Crippen molar-refractivity contribution >= 4 is 33.7 Å². The smallest absolute Gasteiger partial charge is 0.116 e. The first kappa shape index (κ1) is 8.82. The second-order valence-corrected chi connectivity index (χ2v) is 4.48. The minimum atomic E-state index is 0.344. The lowest BCUT2D eigenvalue weighted by Crippen LogP contribution is -2.04. The van der Waals surface area contributed by atoms with Crippen LogP contribution in [0.25, 0.3) is 33.7 Å². The molecule has 0 heterocycles. The van der Waals surface area contributed by atoms with Crippen LogP contribution in [0, 0.1) is 0 Å². The van der Waals surface area contributed by atoms with Gasteiger partial charge in [-0.1, -0.05) is 36.4 Å². The maximum Gasteiger partial charge on any atom is 0.116 e. The Hall–Kier alpha value is -2.28. The molecule has 80 valence electrons. The lowest BCUT2D eigenvalue weighted by Gasteiger charge is -2.06. The number of aliphatic hydroxyl groups excluding tert-OH is 1. The van der Waals surface area contributed by atoms with E-state index in [1.807, 2.05) is 12.2 Å². The third-order valence-corrected chi connectivity index (χ3v) is 3.44. The van der Waals surface area contributed by atoms with Crippen molar-refractivity contribution in [3.05, 3.63) is 59.0 Å². The molecule has 0 unspecified atom stereocenters. The van der Waals surface area contributed by atoms with Crippen LogP contribution in [0.4, 0.5) is 0 Å². The van der Waals surface area contributed by atoms with Crippen LogP contribution in [0.15, 0.2) is 48.2 Å². The SMILES string of the molecule is OC1=Cc2cc3cccc4cccc(c2=C1)c43. The van der Waals surface area contributed by atoms with Crippen LogP contribution in [0.3, 0.4) is 0 Å². The molecule has 0 saturated heterocycles. The summed E-state index contributed by atoms with van der Waals surface area (Å²) in [5, 5.41) is 15.8. The molecule has 0 amide bonds. The van der Waals surface area contributed by atoms with Gasteiger partial charge in [0.25, 0.3) is 0 Å². The first-order chi connectivity index (χ1) is 8.33. The van der Waals surface area contributed by atoms with Gasteiger partial charge in [0.2, 0.25) is 0 Å². The van der Waals surface area contributed by atoms with Gasteiger partial charge in [-0.25, -0.2) is 0 Å². The Morgan fingerprint density at radius 1 is 0.824 bits per heavy atom. The van der Waals surface area contributed by atoms with Crippen LogP contribution in [0.5, 0.6) is 0 Å². The van der Waals surface area contributed by atoms with Gasteiger partial charge in [0.1, 0.15) is 5.76 Å². The predicted molar refractivity (Wildman–Crippen MR) is 71.7 cm³/mol. The molecule has 3 aromatic carbocycles. The van der Waals surface area contributed by atoms with Crippen LogP contribution in [-0.2, 0) is 0 Å². The maximum absolute atomic E-state index is 9.64. The van der Waals surface area contributed by atoms with E-state index < -0.39 is 0 Å². The highest BCUT2D eigenvalue weighted by atomic mass is 16.3. The van der Waals surface area contributed by atoms with Gasteiger partial charge in [-0.3, -0.25) is 0 Å². The van der Waals surface area contributed by atoms with Gasteiger partial charge >= 0.3 is 0 Å². The van der Waals surface area contributed by atoms with E-state index in [4.69, 9.17) is 0 Å². The molecule has 3 aromatic rings. The summed E-state index contributed by atoms with van der Waals surface area (Å²) in [6.45, 7) is 0. The number of hydrogen-bond acceptors (Lipinski definition) is 1. The van der Waals surface area contributed by atoms with Crippen molar-refractivity contribution < 1.29 is 5.11 Å². The van der Waals surface area contributed by atoms with Gasteiger partial charge in [0.15, 0.2) is 0 Å². The summed E-state index contributed by atoms with van der Waals surface area (Å²) in [5.74, 6) is 0.344. The molecule has 0 spiro atoms. The zero-order valence-electron chi connectivity index (χ0n) is 9.14. The Labute approximate surface area is 98.3 Å². The first-order valence-corrected chi connectivity index (χ1v) is 5.69. The molecule has 1 aliphatic rings. The second-order valence-electron chi connectivity index (χ2n) is 4.48. The Bertz CT molecular complexity index is 835. The summed E-state index contributed by atoms with van der Waals surface area (Å²) in [5.41, 5.74) is 1.11. The van der Waals surface area contributed by atoms with Crippen molar-refractivity contribution in [3.63, 3.8) is 0 Å². The van der Waals surface area contributed by atoms with Crippen molar-refractivity contribution in [1.82, 2.24) is 0 Å². The third kappa shape index (κ3) is 1.08. The fourth-order valence-corrected chi connectivity index (χ4v) is 2.74. The highest BCUT2D eigenvalue weighted by Crippen LogP contribution is 2.27. The standard InChI is InChI=1S/C16H10O/c17-13-8-12-7-11-5-1-3-10-4-2-6-14(16(10)11)15(12)9-13/h1-9,17H. The van der Waals surface area contributed by atoms with Crippen molar-refractivity contribution in [3.8, 4) is 0 Å². The van der Waals surface area contributed by atoms with Crippen molar-refractivity contribution in [1.29, 1.82) is 0 Å². The fourth-order valence-electron chi connectivity index (χ4n) is 2.74. The molecule has 0 aliphatic heterocycles. The minimum Gasteiger partial charge on any atom is -0.508 e. The lowest BCUT2D eigenvalue weighted by atomic mass is 9.97. The van der Waals surface area contributed by atoms with Gasteiger partial charge in [-0.05, 0) is 50.5 Å². The molecular weight excluding hydrogens is 208 g/mol. The molecule has 17 heavy (non-hydrogen) atoms. The quantitative estimate of drug-likeness (QED) is 0.613. The van der Waals surface area contributed by atoms with Gasteiger partial charge in [0.05, 0.1) is 0 Å². The monoisotopic (exact) mass is 218 g/mol. The Morgan fingerprint density at radius 2 is 1.59 bits per heavy atom. The average Bonchev–Trinajstić information content (AvgIpc) is 2.70. The fraction of sp³-hybridized carbons (Fsp3) is 0. The Morgan fingerprint density at radius 3 is 2.47 bits per heavy atom. The highest BCUT2D eigenvalue weighted by Gasteiger charge is 2.10. The van der Waals surface area contributed by atoms with Gasteiger partial charge in [-0.15, -0.1) is 0 Å². The molecule has 0 saturated carbocycles. The molecule has 0 fully saturated rings. The highest BCUT2D eigenvalue weighted by molar-refractivity contribution is 6.11. The molecule has 1 N–H and O–H groups in total. The number of rotatable bonds is 0. The molecule has 1 nitrogen and oxygen atoms in total. The largest absolute Gasteiger partial charge is 0.508 e. The predicted octanol–water partition coefficient (Wildman–Crippen LogP) is 3.40. The number of allylic oxidation sites excluding steroid dienone is 1. The number of aliphatic hydroxyl groups is 1. The van der Waals surface area contributed by atoms with Crippen molar-refractivity contribution in [2.24, 2.45) is 0 Å². The van der Waals surface area contributed by atoms with E-state index in [9.17, 15) is 5.11 Å². The number of hydrogen-bond donors (Lipinski definition) is 1. The second kappa shape index (κ2) is 2.89. The summed E-state index contributed by atoms with van der Waals surface area (Å²) < 4.78 is 0. The molecule has 0 radical (unpaired) electrons. The lowest BCUT2D eigenvalue weighted by molar-refractivity contribution is 0.448. The van der Waals surface area contributed by atoms with Crippen LogP contribution in [-0.4, -0.2) is 5.11 Å². The topological polar surface area (TPSA) is 20.2 Å². The Kier molecular flexibility index (Phi) is 1.50. The summed E-state index contributed by atoms with van der Waals surface area (Å²) in [4.78, 5) is 0. The van der Waals surface area contributed by atoms with E-state index in [1.165, 1.54) is 21.5 Å². The number of benzene rings is 3. The molecule has 1 aliphatic carbocycles. The molecule has 1 heteroatoms. The van der Waals surface area contributed by atoms with Crippen molar-refractivity contribution in [2.45, 2.75) is 0 Å². The minimum absolute atomic E-state index is 0.344. The van der Waals surface area contributed by atoms with E-state index in [-0.39, 0.29) is 0 Å². The molecular formula is C16H10O.